The molecule has 1 saturated heterocycles. The van der Waals surface area contributed by atoms with Gasteiger partial charge in [0.05, 0.1) is 16.5 Å². The largest absolute Gasteiger partial charge is 0.494 e. The van der Waals surface area contributed by atoms with Gasteiger partial charge in [-0.25, -0.2) is 4.79 Å². The lowest BCUT2D eigenvalue weighted by Gasteiger charge is -2.15. The quantitative estimate of drug-likeness (QED) is 0.352. The molecule has 4 rings (SSSR count). The van der Waals surface area contributed by atoms with Crippen LogP contribution >= 0.6 is 23.6 Å². The minimum Gasteiger partial charge on any atom is -0.494 e. The van der Waals surface area contributed by atoms with Gasteiger partial charge < -0.3 is 24.9 Å². The molecule has 1 fully saturated rings. The summed E-state index contributed by atoms with van der Waals surface area (Å²) in [4.78, 5) is 14.1. The van der Waals surface area contributed by atoms with Crippen LogP contribution in [0.25, 0.3) is 0 Å². The van der Waals surface area contributed by atoms with Crippen LogP contribution in [0.2, 0.25) is 0 Å². The molecule has 6 nitrogen and oxygen atoms in total. The van der Waals surface area contributed by atoms with Crippen LogP contribution in [0.15, 0.2) is 42.5 Å². The van der Waals surface area contributed by atoms with Gasteiger partial charge in [0.15, 0.2) is 3.95 Å². The number of cyclic esters (lactones) is 1. The van der Waals surface area contributed by atoms with E-state index in [1.54, 1.807) is 24.3 Å². The summed E-state index contributed by atoms with van der Waals surface area (Å²) in [6, 6.07) is 10.5. The second-order valence-corrected chi connectivity index (χ2v) is 9.29. The van der Waals surface area contributed by atoms with Crippen LogP contribution in [0.1, 0.15) is 28.0 Å². The van der Waals surface area contributed by atoms with Crippen LogP contribution < -0.4 is 10.1 Å². The minimum absolute atomic E-state index is 0.0482. The van der Waals surface area contributed by atoms with Gasteiger partial charge in [0.25, 0.3) is 0 Å². The van der Waals surface area contributed by atoms with Crippen molar-refractivity contribution in [3.63, 3.8) is 0 Å². The van der Waals surface area contributed by atoms with Gasteiger partial charge in [0, 0.05) is 6.42 Å². The monoisotopic (exact) mass is 496 g/mol. The maximum absolute atomic E-state index is 13.7. The molecule has 1 aromatic heterocycles. The highest BCUT2D eigenvalue weighted by atomic mass is 32.1. The molecular weight excluding hydrogens is 477 g/mol. The topological polar surface area (TPSA) is 83.6 Å². The highest BCUT2D eigenvalue weighted by molar-refractivity contribution is 7.73. The third-order valence-corrected chi connectivity index (χ3v) is 6.31. The molecule has 174 valence electrons. The summed E-state index contributed by atoms with van der Waals surface area (Å²) in [5.41, 5.74) is 0.428. The number of alkyl halides is 3. The summed E-state index contributed by atoms with van der Waals surface area (Å²) in [6.07, 6.45) is -3.57. The highest BCUT2D eigenvalue weighted by Crippen LogP contribution is 2.39. The van der Waals surface area contributed by atoms with E-state index in [4.69, 9.17) is 21.7 Å². The van der Waals surface area contributed by atoms with Crippen LogP contribution in [0.5, 0.6) is 17.4 Å². The Hall–Kier alpha value is -3.05. The van der Waals surface area contributed by atoms with Crippen molar-refractivity contribution in [1.82, 2.24) is 10.3 Å². The fraction of sp³-hybridized carbons (Fsp3) is 0.273. The van der Waals surface area contributed by atoms with E-state index < -0.39 is 17.8 Å². The standard InChI is InChI=1S/C22H19F3N2O4S2/c23-22(24,25)16-9-13(10-18-19(28)27-21(32)33-18)4-8-17(16)31-15-6-2-12(3-7-15)1-5-14-11-30-20(29)26-14/h2-4,6-9,14,28H,1,5,10-11H2,(H,26,29)(H,27,32). The van der Waals surface area contributed by atoms with E-state index in [1.807, 2.05) is 0 Å². The highest BCUT2D eigenvalue weighted by Gasteiger charge is 2.35. The van der Waals surface area contributed by atoms with E-state index >= 15 is 0 Å². The van der Waals surface area contributed by atoms with Gasteiger partial charge in [-0.3, -0.25) is 0 Å². The molecular formula is C22H19F3N2O4S2. The molecule has 1 amide bonds. The number of amides is 1. The molecule has 2 aromatic carbocycles. The number of nitrogens with one attached hydrogen (secondary N) is 2. The lowest BCUT2D eigenvalue weighted by molar-refractivity contribution is -0.138. The lowest BCUT2D eigenvalue weighted by Crippen LogP contribution is -2.26. The van der Waals surface area contributed by atoms with E-state index in [9.17, 15) is 23.1 Å². The number of rotatable bonds is 7. The van der Waals surface area contributed by atoms with Gasteiger partial charge in [-0.2, -0.15) is 13.2 Å². The zero-order valence-electron chi connectivity index (χ0n) is 17.1. The van der Waals surface area contributed by atoms with Crippen molar-refractivity contribution >= 4 is 29.6 Å². The third-order valence-electron chi connectivity index (χ3n) is 5.08. The summed E-state index contributed by atoms with van der Waals surface area (Å²) in [5, 5.41) is 12.5. The van der Waals surface area contributed by atoms with Crippen molar-refractivity contribution < 1.29 is 32.5 Å². The number of aromatic nitrogens is 1. The number of carbonyl (C=O) groups excluding carboxylic acids is 1. The number of aromatic amines is 1. The fourth-order valence-electron chi connectivity index (χ4n) is 3.43. The number of alkyl carbamates (subject to hydrolysis) is 1. The SMILES string of the molecule is O=C1NC(CCc2ccc(Oc3ccc(Cc4sc(=S)[nH]c4O)cc3C(F)(F)F)cc2)CO1. The van der Waals surface area contributed by atoms with Crippen LogP contribution in [0.4, 0.5) is 18.0 Å². The molecule has 1 aliphatic heterocycles. The summed E-state index contributed by atoms with van der Waals surface area (Å²) >= 11 is 6.07. The number of ether oxygens (including phenoxy) is 2. The Balaban J connectivity index is 1.47. The van der Waals surface area contributed by atoms with Crippen molar-refractivity contribution in [3.05, 3.63) is 68.0 Å². The number of aromatic hydroxyl groups is 1. The first-order chi connectivity index (χ1) is 15.7. The molecule has 2 heterocycles. The molecule has 0 bridgehead atoms. The van der Waals surface area contributed by atoms with E-state index in [1.165, 1.54) is 12.1 Å². The Morgan fingerprint density at radius 2 is 1.91 bits per heavy atom. The minimum atomic E-state index is -4.62. The Morgan fingerprint density at radius 1 is 1.18 bits per heavy atom. The molecule has 0 aliphatic carbocycles. The summed E-state index contributed by atoms with van der Waals surface area (Å²) in [7, 11) is 0. The number of hydrogen-bond acceptors (Lipinski definition) is 6. The maximum Gasteiger partial charge on any atom is 0.419 e. The summed E-state index contributed by atoms with van der Waals surface area (Å²) in [5.74, 6) is -0.173. The third kappa shape index (κ3) is 5.85. The average molecular weight is 497 g/mol. The van der Waals surface area contributed by atoms with Crippen molar-refractivity contribution in [1.29, 1.82) is 0 Å². The van der Waals surface area contributed by atoms with E-state index in [-0.39, 0.29) is 29.8 Å². The molecule has 3 N–H and O–H groups in total. The number of hydrogen-bond donors (Lipinski definition) is 3. The lowest BCUT2D eigenvalue weighted by atomic mass is 10.1. The number of H-pyrrole nitrogens is 1. The van der Waals surface area contributed by atoms with Gasteiger partial charge in [0.2, 0.25) is 5.88 Å². The molecule has 0 saturated carbocycles. The molecule has 1 atom stereocenters. The number of aryl methyl sites for hydroxylation is 1. The molecule has 0 radical (unpaired) electrons. The predicted octanol–water partition coefficient (Wildman–Crippen LogP) is 5.95. The zero-order chi connectivity index (χ0) is 23.6. The average Bonchev–Trinajstić information content (AvgIpc) is 3.31. The van der Waals surface area contributed by atoms with E-state index in [0.29, 0.717) is 33.8 Å². The molecule has 11 heteroatoms. The Bertz CT molecular complexity index is 1210. The number of benzene rings is 2. The van der Waals surface area contributed by atoms with Crippen molar-refractivity contribution in [3.8, 4) is 17.4 Å². The number of thiazole rings is 1. The summed E-state index contributed by atoms with van der Waals surface area (Å²) in [6.45, 7) is 0.328. The van der Waals surface area contributed by atoms with E-state index in [0.717, 1.165) is 23.0 Å². The Morgan fingerprint density at radius 3 is 2.52 bits per heavy atom. The first-order valence-corrected chi connectivity index (χ1v) is 11.2. The van der Waals surface area contributed by atoms with Crippen molar-refractivity contribution in [2.24, 2.45) is 0 Å². The Kier molecular flexibility index (Phi) is 6.61. The molecule has 1 aliphatic rings. The number of halogens is 3. The van der Waals surface area contributed by atoms with Gasteiger partial charge in [-0.1, -0.05) is 18.2 Å². The fourth-order valence-corrected chi connectivity index (χ4v) is 4.59. The van der Waals surface area contributed by atoms with Crippen molar-refractivity contribution in [2.45, 2.75) is 31.5 Å². The van der Waals surface area contributed by atoms with Crippen molar-refractivity contribution in [2.75, 3.05) is 6.61 Å². The predicted molar refractivity (Wildman–Crippen MR) is 119 cm³/mol. The van der Waals surface area contributed by atoms with E-state index in [2.05, 4.69) is 10.3 Å². The van der Waals surface area contributed by atoms with Crippen LogP contribution in [-0.2, 0) is 23.8 Å². The Labute approximate surface area is 196 Å². The number of carbonyl (C=O) groups is 1. The summed E-state index contributed by atoms with van der Waals surface area (Å²) < 4.78 is 51.9. The second kappa shape index (κ2) is 9.44. The maximum atomic E-state index is 13.7. The molecule has 33 heavy (non-hydrogen) atoms. The van der Waals surface area contributed by atoms with Crippen LogP contribution in [-0.4, -0.2) is 28.8 Å². The van der Waals surface area contributed by atoms with Crippen LogP contribution in [0.3, 0.4) is 0 Å². The first-order valence-electron chi connectivity index (χ1n) is 9.98. The smallest absolute Gasteiger partial charge is 0.419 e. The zero-order valence-corrected chi connectivity index (χ0v) is 18.7. The normalized spacial score (nSPS) is 15.8. The first kappa shape index (κ1) is 23.1. The molecule has 3 aromatic rings. The van der Waals surface area contributed by atoms with Gasteiger partial charge >= 0.3 is 12.3 Å². The molecule has 1 unspecified atom stereocenters. The van der Waals surface area contributed by atoms with Gasteiger partial charge in [-0.05, 0) is 60.5 Å². The second-order valence-electron chi connectivity index (χ2n) is 7.52. The van der Waals surface area contributed by atoms with Gasteiger partial charge in [-0.15, -0.1) is 11.3 Å². The van der Waals surface area contributed by atoms with Gasteiger partial charge in [0.1, 0.15) is 18.1 Å². The van der Waals surface area contributed by atoms with Crippen LogP contribution in [0, 0.1) is 3.95 Å². The molecule has 0 spiro atoms.